The third-order valence-corrected chi connectivity index (χ3v) is 5.24. The Morgan fingerprint density at radius 1 is 0.882 bits per heavy atom. The zero-order valence-corrected chi connectivity index (χ0v) is 21.7. The van der Waals surface area contributed by atoms with E-state index in [1.54, 1.807) is 19.6 Å². The van der Waals surface area contributed by atoms with Gasteiger partial charge in [0.05, 0.1) is 25.0 Å². The van der Waals surface area contributed by atoms with Crippen molar-refractivity contribution in [3.63, 3.8) is 0 Å². The number of guanidine groups is 1. The molecule has 0 saturated heterocycles. The quantitative estimate of drug-likeness (QED) is 0.166. The molecule has 4 aromatic rings. The molecule has 0 aliphatic heterocycles. The Kier molecular flexibility index (Phi) is 9.72. The second-order valence-electron chi connectivity index (χ2n) is 7.81. The van der Waals surface area contributed by atoms with Crippen LogP contribution in [0.4, 0.5) is 0 Å². The zero-order chi connectivity index (χ0) is 22.9. The first-order chi connectivity index (χ1) is 16.2. The molecule has 4 rings (SSSR count). The zero-order valence-electron chi connectivity index (χ0n) is 19.4. The standard InChI is InChI=1S/C26H29N5O2.HI/c1-27-26(29-16-23-19-33-25(30-23)20-9-4-3-5-10-20)28-15-21-11-6-7-12-22(21)17-31(2)18-24-13-8-14-32-24;/h3-14,19H,15-18H2,1-2H3,(H2,27,28,29);1H. The molecule has 0 amide bonds. The molecule has 0 bridgehead atoms. The van der Waals surface area contributed by atoms with Crippen LogP contribution in [0.3, 0.4) is 0 Å². The van der Waals surface area contributed by atoms with Crippen LogP contribution in [-0.2, 0) is 26.2 Å². The summed E-state index contributed by atoms with van der Waals surface area (Å²) in [6, 6.07) is 22.2. The third-order valence-electron chi connectivity index (χ3n) is 5.24. The average Bonchev–Trinajstić information content (AvgIpc) is 3.53. The van der Waals surface area contributed by atoms with E-state index in [0.29, 0.717) is 24.9 Å². The molecule has 0 aliphatic rings. The first-order valence-corrected chi connectivity index (χ1v) is 10.9. The Hall–Kier alpha value is -3.11. The number of benzene rings is 2. The SMILES string of the molecule is CN=C(NCc1coc(-c2ccccc2)n1)NCc1ccccc1CN(C)Cc1ccco1.I. The lowest BCUT2D eigenvalue weighted by molar-refractivity contribution is 0.287. The van der Waals surface area contributed by atoms with Gasteiger partial charge >= 0.3 is 0 Å². The Morgan fingerprint density at radius 2 is 1.62 bits per heavy atom. The largest absolute Gasteiger partial charge is 0.468 e. The molecule has 0 unspecified atom stereocenters. The molecule has 7 nitrogen and oxygen atoms in total. The fourth-order valence-corrected chi connectivity index (χ4v) is 3.57. The van der Waals surface area contributed by atoms with Crippen molar-refractivity contribution in [3.05, 3.63) is 102 Å². The molecule has 0 radical (unpaired) electrons. The predicted octanol–water partition coefficient (Wildman–Crippen LogP) is 5.05. The summed E-state index contributed by atoms with van der Waals surface area (Å²) in [7, 11) is 3.85. The van der Waals surface area contributed by atoms with Crippen LogP contribution in [-0.4, -0.2) is 29.9 Å². The summed E-state index contributed by atoms with van der Waals surface area (Å²) < 4.78 is 11.1. The summed E-state index contributed by atoms with van der Waals surface area (Å²) in [6.45, 7) is 2.77. The van der Waals surface area contributed by atoms with Crippen LogP contribution < -0.4 is 10.6 Å². The number of halogens is 1. The van der Waals surface area contributed by atoms with E-state index < -0.39 is 0 Å². The van der Waals surface area contributed by atoms with Crippen LogP contribution in [0.15, 0.2) is 93.1 Å². The molecule has 0 spiro atoms. The van der Waals surface area contributed by atoms with E-state index in [4.69, 9.17) is 8.83 Å². The number of hydrogen-bond donors (Lipinski definition) is 2. The molecule has 0 aliphatic carbocycles. The van der Waals surface area contributed by atoms with Crippen LogP contribution in [0.2, 0.25) is 0 Å². The van der Waals surface area contributed by atoms with Gasteiger partial charge in [-0.1, -0.05) is 42.5 Å². The van der Waals surface area contributed by atoms with Crippen LogP contribution in [0.1, 0.15) is 22.6 Å². The van der Waals surface area contributed by atoms with Gasteiger partial charge in [-0.2, -0.15) is 0 Å². The molecule has 2 aromatic heterocycles. The fourth-order valence-electron chi connectivity index (χ4n) is 3.57. The maximum Gasteiger partial charge on any atom is 0.226 e. The maximum atomic E-state index is 5.61. The van der Waals surface area contributed by atoms with E-state index in [1.165, 1.54) is 11.1 Å². The number of aliphatic imine (C=N–C) groups is 1. The third kappa shape index (κ3) is 7.19. The molecule has 2 heterocycles. The van der Waals surface area contributed by atoms with E-state index in [1.807, 2.05) is 42.5 Å². The lowest BCUT2D eigenvalue weighted by Gasteiger charge is -2.19. The maximum absolute atomic E-state index is 5.61. The molecule has 2 N–H and O–H groups in total. The summed E-state index contributed by atoms with van der Waals surface area (Å²) in [5.74, 6) is 2.28. The molecule has 34 heavy (non-hydrogen) atoms. The van der Waals surface area contributed by atoms with Crippen LogP contribution in [0.25, 0.3) is 11.5 Å². The van der Waals surface area contributed by atoms with Gasteiger partial charge in [-0.25, -0.2) is 4.98 Å². The van der Waals surface area contributed by atoms with E-state index >= 15 is 0 Å². The Balaban J connectivity index is 0.00000324. The van der Waals surface area contributed by atoms with E-state index in [0.717, 1.165) is 30.1 Å². The number of furan rings is 1. The van der Waals surface area contributed by atoms with Gasteiger partial charge in [0.15, 0.2) is 5.96 Å². The minimum Gasteiger partial charge on any atom is -0.468 e. The Labute approximate surface area is 217 Å². The van der Waals surface area contributed by atoms with E-state index in [9.17, 15) is 0 Å². The van der Waals surface area contributed by atoms with Crippen molar-refractivity contribution in [2.45, 2.75) is 26.2 Å². The average molecular weight is 571 g/mol. The first-order valence-electron chi connectivity index (χ1n) is 10.9. The van der Waals surface area contributed by atoms with Gasteiger partial charge in [0.25, 0.3) is 0 Å². The van der Waals surface area contributed by atoms with Gasteiger partial charge < -0.3 is 19.5 Å². The summed E-state index contributed by atoms with van der Waals surface area (Å²) in [4.78, 5) is 11.1. The Morgan fingerprint density at radius 3 is 2.35 bits per heavy atom. The fraction of sp³-hybridized carbons (Fsp3) is 0.231. The molecule has 178 valence electrons. The number of hydrogen-bond acceptors (Lipinski definition) is 5. The normalized spacial score (nSPS) is 11.3. The summed E-state index contributed by atoms with van der Waals surface area (Å²) >= 11 is 0. The number of aromatic nitrogens is 1. The summed E-state index contributed by atoms with van der Waals surface area (Å²) in [5, 5.41) is 6.70. The van der Waals surface area contributed by atoms with Crippen LogP contribution in [0.5, 0.6) is 0 Å². The molecular formula is C26H30IN5O2. The second-order valence-corrected chi connectivity index (χ2v) is 7.81. The van der Waals surface area contributed by atoms with Gasteiger partial charge in [-0.3, -0.25) is 9.89 Å². The van der Waals surface area contributed by atoms with Crippen molar-refractivity contribution in [3.8, 4) is 11.5 Å². The van der Waals surface area contributed by atoms with Crippen molar-refractivity contribution in [2.24, 2.45) is 4.99 Å². The lowest BCUT2D eigenvalue weighted by atomic mass is 10.1. The minimum absolute atomic E-state index is 0. The number of nitrogens with one attached hydrogen (secondary N) is 2. The Bertz CT molecular complexity index is 1160. The highest BCUT2D eigenvalue weighted by molar-refractivity contribution is 14.0. The molecule has 8 heteroatoms. The lowest BCUT2D eigenvalue weighted by Crippen LogP contribution is -2.36. The second kappa shape index (κ2) is 13.0. The van der Waals surface area contributed by atoms with Gasteiger partial charge in [0.2, 0.25) is 5.89 Å². The summed E-state index contributed by atoms with van der Waals surface area (Å²) in [6.07, 6.45) is 3.38. The van der Waals surface area contributed by atoms with Crippen molar-refractivity contribution in [1.82, 2.24) is 20.5 Å². The highest BCUT2D eigenvalue weighted by Crippen LogP contribution is 2.18. The van der Waals surface area contributed by atoms with Crippen LogP contribution >= 0.6 is 24.0 Å². The van der Waals surface area contributed by atoms with Crippen molar-refractivity contribution < 1.29 is 8.83 Å². The van der Waals surface area contributed by atoms with Gasteiger partial charge in [0.1, 0.15) is 12.0 Å². The molecule has 0 fully saturated rings. The monoisotopic (exact) mass is 571 g/mol. The van der Waals surface area contributed by atoms with Crippen molar-refractivity contribution in [2.75, 3.05) is 14.1 Å². The molecule has 0 atom stereocenters. The van der Waals surface area contributed by atoms with Crippen molar-refractivity contribution in [1.29, 1.82) is 0 Å². The number of rotatable bonds is 9. The highest BCUT2D eigenvalue weighted by Gasteiger charge is 2.10. The highest BCUT2D eigenvalue weighted by atomic mass is 127. The van der Waals surface area contributed by atoms with E-state index in [-0.39, 0.29) is 24.0 Å². The van der Waals surface area contributed by atoms with Gasteiger partial charge in [-0.05, 0) is 42.4 Å². The smallest absolute Gasteiger partial charge is 0.226 e. The molecule has 0 saturated carbocycles. The number of oxazole rings is 1. The topological polar surface area (TPSA) is 78.8 Å². The van der Waals surface area contributed by atoms with Crippen LogP contribution in [0, 0.1) is 0 Å². The van der Waals surface area contributed by atoms with Crippen molar-refractivity contribution >= 4 is 29.9 Å². The summed E-state index contributed by atoms with van der Waals surface area (Å²) in [5.41, 5.74) is 4.26. The molecular weight excluding hydrogens is 541 g/mol. The van der Waals surface area contributed by atoms with E-state index in [2.05, 4.69) is 56.8 Å². The van der Waals surface area contributed by atoms with Gasteiger partial charge in [-0.15, -0.1) is 24.0 Å². The van der Waals surface area contributed by atoms with Gasteiger partial charge in [0, 0.05) is 25.7 Å². The predicted molar refractivity (Wildman–Crippen MR) is 145 cm³/mol. The minimum atomic E-state index is 0. The first kappa shape index (κ1) is 25.5. The molecule has 2 aromatic carbocycles. The number of nitrogens with zero attached hydrogens (tertiary/aromatic N) is 3.